The minimum absolute atomic E-state index is 0.00553. The molecule has 1 aliphatic rings. The van der Waals surface area contributed by atoms with Crippen molar-refractivity contribution in [1.82, 2.24) is 10.2 Å². The Labute approximate surface area is 140 Å². The highest BCUT2D eigenvalue weighted by Gasteiger charge is 2.17. The number of carbonyl (C=O) groups excluding carboxylic acids is 1. The largest absolute Gasteiger partial charge is 0.358 e. The lowest BCUT2D eigenvalue weighted by atomic mass is 10.1. The zero-order chi connectivity index (χ0) is 15.2. The lowest BCUT2D eigenvalue weighted by Crippen LogP contribution is -2.30. The molecule has 1 aliphatic heterocycles. The summed E-state index contributed by atoms with van der Waals surface area (Å²) in [7, 11) is 0. The second kappa shape index (κ2) is 8.01. The van der Waals surface area contributed by atoms with E-state index in [-0.39, 0.29) is 11.9 Å². The van der Waals surface area contributed by atoms with Crippen LogP contribution in [0, 0.1) is 0 Å². The number of halogens is 1. The minimum atomic E-state index is -0.0582. The molecule has 21 heavy (non-hydrogen) atoms. The predicted molar refractivity (Wildman–Crippen MR) is 93.9 cm³/mol. The molecule has 1 heterocycles. The van der Waals surface area contributed by atoms with Crippen LogP contribution < -0.4 is 5.32 Å². The number of nitrogens with zero attached hydrogens (tertiary/aromatic N) is 1. The first-order valence-electron chi connectivity index (χ1n) is 7.03. The number of likely N-dealkylation sites (tertiary alicyclic amines) is 1. The van der Waals surface area contributed by atoms with Gasteiger partial charge in [-0.2, -0.15) is 0 Å². The number of thiocarbonyl (C=S) groups is 1. The van der Waals surface area contributed by atoms with Gasteiger partial charge in [0.15, 0.2) is 0 Å². The van der Waals surface area contributed by atoms with Crippen LogP contribution in [0.2, 0.25) is 5.02 Å². The zero-order valence-electron chi connectivity index (χ0n) is 12.0. The van der Waals surface area contributed by atoms with Gasteiger partial charge >= 0.3 is 0 Å². The summed E-state index contributed by atoms with van der Waals surface area (Å²) in [5, 5.41) is 3.65. The molecular weight excluding hydrogens is 324 g/mol. The van der Waals surface area contributed by atoms with E-state index in [9.17, 15) is 4.79 Å². The van der Waals surface area contributed by atoms with Crippen LogP contribution in [-0.2, 0) is 4.79 Å². The van der Waals surface area contributed by atoms with Gasteiger partial charge in [-0.15, -0.1) is 0 Å². The number of benzene rings is 1. The third-order valence-corrected chi connectivity index (χ3v) is 5.18. The van der Waals surface area contributed by atoms with Gasteiger partial charge in [-0.05, 0) is 37.5 Å². The highest BCUT2D eigenvalue weighted by atomic mass is 35.5. The summed E-state index contributed by atoms with van der Waals surface area (Å²) < 4.78 is 0.832. The van der Waals surface area contributed by atoms with Gasteiger partial charge in [0.2, 0.25) is 5.91 Å². The van der Waals surface area contributed by atoms with Crippen LogP contribution in [0.25, 0.3) is 0 Å². The molecule has 1 aromatic carbocycles. The van der Waals surface area contributed by atoms with Crippen molar-refractivity contribution < 1.29 is 4.79 Å². The normalized spacial score (nSPS) is 15.8. The molecule has 0 bridgehead atoms. The molecule has 1 N–H and O–H groups in total. The molecule has 0 spiro atoms. The van der Waals surface area contributed by atoms with E-state index in [4.69, 9.17) is 23.8 Å². The summed E-state index contributed by atoms with van der Waals surface area (Å²) in [6.45, 7) is 3.99. The zero-order valence-corrected chi connectivity index (χ0v) is 14.4. The Morgan fingerprint density at radius 1 is 1.48 bits per heavy atom. The molecule has 0 aliphatic carbocycles. The van der Waals surface area contributed by atoms with Crippen molar-refractivity contribution in [1.29, 1.82) is 0 Å². The predicted octanol–water partition coefficient (Wildman–Crippen LogP) is 3.63. The molecule has 3 nitrogen and oxygen atoms in total. The molecule has 0 saturated carbocycles. The third-order valence-electron chi connectivity index (χ3n) is 3.42. The first kappa shape index (κ1) is 16.6. The highest BCUT2D eigenvalue weighted by Crippen LogP contribution is 2.19. The van der Waals surface area contributed by atoms with Gasteiger partial charge in [0, 0.05) is 18.1 Å². The van der Waals surface area contributed by atoms with E-state index in [1.165, 1.54) is 24.6 Å². The van der Waals surface area contributed by atoms with Gasteiger partial charge in [-0.25, -0.2) is 0 Å². The highest BCUT2D eigenvalue weighted by molar-refractivity contribution is 8.23. The first-order valence-corrected chi connectivity index (χ1v) is 8.80. The molecule has 1 fully saturated rings. The molecule has 0 radical (unpaired) electrons. The molecule has 6 heteroatoms. The number of hydrogen-bond donors (Lipinski definition) is 1. The summed E-state index contributed by atoms with van der Waals surface area (Å²) in [5.74, 6) is 0.356. The fourth-order valence-electron chi connectivity index (χ4n) is 2.26. The van der Waals surface area contributed by atoms with Gasteiger partial charge < -0.3 is 10.2 Å². The van der Waals surface area contributed by atoms with E-state index in [1.54, 1.807) is 0 Å². The molecule has 1 aromatic rings. The molecular formula is C15H19ClN2OS2. The summed E-state index contributed by atoms with van der Waals surface area (Å²) in [6.07, 6.45) is 2.39. The Kier molecular flexibility index (Phi) is 6.33. The summed E-state index contributed by atoms with van der Waals surface area (Å²) in [5.41, 5.74) is 1.00. The number of hydrogen-bond acceptors (Lipinski definition) is 3. The van der Waals surface area contributed by atoms with Crippen molar-refractivity contribution in [3.05, 3.63) is 34.9 Å². The summed E-state index contributed by atoms with van der Waals surface area (Å²) in [4.78, 5) is 14.2. The van der Waals surface area contributed by atoms with Crippen molar-refractivity contribution in [3.8, 4) is 0 Å². The van der Waals surface area contributed by atoms with E-state index >= 15 is 0 Å². The topological polar surface area (TPSA) is 32.3 Å². The Morgan fingerprint density at radius 2 is 2.19 bits per heavy atom. The van der Waals surface area contributed by atoms with Crippen LogP contribution >= 0.6 is 35.6 Å². The molecule has 2 rings (SSSR count). The summed E-state index contributed by atoms with van der Waals surface area (Å²) in [6, 6.07) is 7.48. The SMILES string of the molecule is C[C@H](NC(=O)CSC(=S)N1CCCC1)c1cccc(Cl)c1. The van der Waals surface area contributed by atoms with Crippen LogP contribution in [0.15, 0.2) is 24.3 Å². The van der Waals surface area contributed by atoms with Crippen molar-refractivity contribution in [2.45, 2.75) is 25.8 Å². The van der Waals surface area contributed by atoms with Crippen LogP contribution in [0.3, 0.4) is 0 Å². The number of thioether (sulfide) groups is 1. The Morgan fingerprint density at radius 3 is 2.86 bits per heavy atom. The van der Waals surface area contributed by atoms with Gasteiger partial charge in [0.1, 0.15) is 4.32 Å². The Hall–Kier alpha value is -0.780. The fraction of sp³-hybridized carbons (Fsp3) is 0.467. The average Bonchev–Trinajstić information content (AvgIpc) is 2.99. The molecule has 1 saturated heterocycles. The number of rotatable bonds is 4. The van der Waals surface area contributed by atoms with E-state index in [0.29, 0.717) is 10.8 Å². The van der Waals surface area contributed by atoms with Crippen LogP contribution in [-0.4, -0.2) is 34.0 Å². The molecule has 0 aromatic heterocycles. The van der Waals surface area contributed by atoms with E-state index < -0.39 is 0 Å². The first-order chi connectivity index (χ1) is 10.1. The standard InChI is InChI=1S/C15H19ClN2OS2/c1-11(12-5-4-6-13(16)9-12)17-14(19)10-21-15(20)18-7-2-3-8-18/h4-6,9,11H,2-3,7-8,10H2,1H3,(H,17,19)/t11-/m0/s1. The maximum Gasteiger partial charge on any atom is 0.230 e. The van der Waals surface area contributed by atoms with Crippen molar-refractivity contribution in [3.63, 3.8) is 0 Å². The second-order valence-corrected chi connectivity index (χ2v) is 7.14. The van der Waals surface area contributed by atoms with E-state index in [1.807, 2.05) is 31.2 Å². The maximum absolute atomic E-state index is 12.0. The van der Waals surface area contributed by atoms with Crippen molar-refractivity contribution >= 4 is 45.8 Å². The van der Waals surface area contributed by atoms with E-state index in [2.05, 4.69) is 10.2 Å². The van der Waals surface area contributed by atoms with Gasteiger partial charge in [-0.1, -0.05) is 47.7 Å². The molecule has 1 amide bonds. The van der Waals surface area contributed by atoms with Gasteiger partial charge in [0.25, 0.3) is 0 Å². The maximum atomic E-state index is 12.0. The van der Waals surface area contributed by atoms with Crippen LogP contribution in [0.1, 0.15) is 31.4 Å². The number of amides is 1. The van der Waals surface area contributed by atoms with E-state index in [0.717, 1.165) is 23.0 Å². The fourth-order valence-corrected chi connectivity index (χ4v) is 3.52. The summed E-state index contributed by atoms with van der Waals surface area (Å²) >= 11 is 12.8. The Bertz CT molecular complexity index is 518. The third kappa shape index (κ3) is 5.16. The quantitative estimate of drug-likeness (QED) is 0.847. The lowest BCUT2D eigenvalue weighted by molar-refractivity contribution is -0.119. The Balaban J connectivity index is 1.77. The average molecular weight is 343 g/mol. The lowest BCUT2D eigenvalue weighted by Gasteiger charge is -2.18. The number of nitrogens with one attached hydrogen (secondary N) is 1. The number of carbonyl (C=O) groups is 1. The van der Waals surface area contributed by atoms with Crippen LogP contribution in [0.5, 0.6) is 0 Å². The van der Waals surface area contributed by atoms with Crippen LogP contribution in [0.4, 0.5) is 0 Å². The van der Waals surface area contributed by atoms with Crippen molar-refractivity contribution in [2.75, 3.05) is 18.8 Å². The smallest absolute Gasteiger partial charge is 0.230 e. The second-order valence-electron chi connectivity index (χ2n) is 5.09. The van der Waals surface area contributed by atoms with Gasteiger partial charge in [-0.3, -0.25) is 4.79 Å². The monoisotopic (exact) mass is 342 g/mol. The molecule has 1 atom stereocenters. The molecule has 0 unspecified atom stereocenters. The van der Waals surface area contributed by atoms with Crippen molar-refractivity contribution in [2.24, 2.45) is 0 Å². The van der Waals surface area contributed by atoms with Gasteiger partial charge in [0.05, 0.1) is 11.8 Å². The molecule has 114 valence electrons. The minimum Gasteiger partial charge on any atom is -0.358 e.